The monoisotopic (exact) mass is 215 g/mol. The van der Waals surface area contributed by atoms with E-state index in [1.165, 1.54) is 17.0 Å². The van der Waals surface area contributed by atoms with Crippen LogP contribution in [0.2, 0.25) is 0 Å². The molecular weight excluding hydrogens is 202 g/mol. The van der Waals surface area contributed by atoms with Crippen LogP contribution in [0.4, 0.5) is 0 Å². The van der Waals surface area contributed by atoms with Crippen molar-refractivity contribution in [1.82, 2.24) is 4.57 Å². The summed E-state index contributed by atoms with van der Waals surface area (Å²) in [5, 5.41) is 9.68. The molecule has 0 saturated carbocycles. The molecule has 0 bridgehead atoms. The largest absolute Gasteiger partial charge is 0.478 e. The molecule has 0 atom stereocenters. The van der Waals surface area contributed by atoms with E-state index in [4.69, 9.17) is 5.11 Å². The molecule has 3 heteroatoms. The van der Waals surface area contributed by atoms with Crippen molar-refractivity contribution in [1.29, 1.82) is 0 Å². The van der Waals surface area contributed by atoms with Gasteiger partial charge in [0.1, 0.15) is 0 Å². The second kappa shape index (κ2) is 4.23. The Morgan fingerprint density at radius 1 is 1.44 bits per heavy atom. The van der Waals surface area contributed by atoms with Gasteiger partial charge in [-0.3, -0.25) is 0 Å². The number of hydrogen-bond donors (Lipinski definition) is 1. The molecule has 1 aromatic carbocycles. The van der Waals surface area contributed by atoms with Crippen LogP contribution in [0.25, 0.3) is 10.9 Å². The average Bonchev–Trinajstić information content (AvgIpc) is 2.60. The van der Waals surface area contributed by atoms with Crippen molar-refractivity contribution in [3.05, 3.63) is 48.2 Å². The Morgan fingerprint density at radius 3 is 3.00 bits per heavy atom. The number of fused-ring (bicyclic) bond motifs is 1. The Kier molecular flexibility index (Phi) is 2.77. The summed E-state index contributed by atoms with van der Waals surface area (Å²) in [5.41, 5.74) is 2.34. The molecule has 1 N–H and O–H groups in total. The molecule has 0 saturated heterocycles. The molecule has 0 aliphatic heterocycles. The second-order valence-corrected chi connectivity index (χ2v) is 3.77. The van der Waals surface area contributed by atoms with Crippen LogP contribution in [0.15, 0.2) is 42.6 Å². The van der Waals surface area contributed by atoms with Crippen LogP contribution >= 0.6 is 0 Å². The van der Waals surface area contributed by atoms with Gasteiger partial charge in [0.05, 0.1) is 0 Å². The number of carboxylic acids is 1. The van der Waals surface area contributed by atoms with Crippen LogP contribution in [0.3, 0.4) is 0 Å². The smallest absolute Gasteiger partial charge is 0.328 e. The predicted molar refractivity (Wildman–Crippen MR) is 63.5 cm³/mol. The number of nitrogens with zero attached hydrogens (tertiary/aromatic N) is 1. The Morgan fingerprint density at radius 2 is 2.25 bits per heavy atom. The lowest BCUT2D eigenvalue weighted by atomic mass is 10.2. The minimum atomic E-state index is -0.910. The first-order chi connectivity index (χ1) is 7.66. The molecule has 0 aliphatic carbocycles. The van der Waals surface area contributed by atoms with E-state index in [2.05, 4.69) is 18.2 Å². The molecule has 0 spiro atoms. The third-order valence-electron chi connectivity index (χ3n) is 2.49. The molecule has 0 radical (unpaired) electrons. The van der Waals surface area contributed by atoms with Gasteiger partial charge < -0.3 is 9.67 Å². The summed E-state index contributed by atoms with van der Waals surface area (Å²) in [6.07, 6.45) is 4.78. The number of carboxylic acid groups (broad SMARTS) is 1. The zero-order valence-corrected chi connectivity index (χ0v) is 9.05. The van der Waals surface area contributed by atoms with Crippen LogP contribution in [0.1, 0.15) is 5.56 Å². The molecule has 0 fully saturated rings. The second-order valence-electron chi connectivity index (χ2n) is 3.77. The van der Waals surface area contributed by atoms with Gasteiger partial charge in [0.15, 0.2) is 0 Å². The van der Waals surface area contributed by atoms with Gasteiger partial charge in [-0.1, -0.05) is 18.2 Å². The van der Waals surface area contributed by atoms with Crippen molar-refractivity contribution in [2.75, 3.05) is 0 Å². The molecule has 2 rings (SSSR count). The van der Waals surface area contributed by atoms with Crippen molar-refractivity contribution in [2.24, 2.45) is 0 Å². The zero-order valence-electron chi connectivity index (χ0n) is 9.05. The molecular formula is C13H13NO2. The lowest BCUT2D eigenvalue weighted by molar-refractivity contribution is -0.131. The van der Waals surface area contributed by atoms with E-state index in [-0.39, 0.29) is 0 Å². The van der Waals surface area contributed by atoms with Gasteiger partial charge in [0, 0.05) is 24.3 Å². The summed E-state index contributed by atoms with van der Waals surface area (Å²) in [5.74, 6) is -0.910. The van der Waals surface area contributed by atoms with Crippen molar-refractivity contribution in [3.8, 4) is 0 Å². The topological polar surface area (TPSA) is 42.2 Å². The predicted octanol–water partition coefficient (Wildman–Crippen LogP) is 2.59. The minimum absolute atomic E-state index is 0.583. The summed E-state index contributed by atoms with van der Waals surface area (Å²) in [6, 6.07) is 8.27. The Hall–Kier alpha value is -2.03. The lowest BCUT2D eigenvalue weighted by Gasteiger charge is -2.01. The summed E-state index contributed by atoms with van der Waals surface area (Å²) in [4.78, 5) is 10.3. The van der Waals surface area contributed by atoms with Crippen molar-refractivity contribution in [3.63, 3.8) is 0 Å². The van der Waals surface area contributed by atoms with E-state index in [1.807, 2.05) is 23.8 Å². The van der Waals surface area contributed by atoms with Crippen LogP contribution in [0.5, 0.6) is 0 Å². The molecule has 82 valence electrons. The van der Waals surface area contributed by atoms with E-state index < -0.39 is 5.97 Å². The number of aliphatic carboxylic acids is 1. The Balaban J connectivity index is 2.31. The fourth-order valence-corrected chi connectivity index (χ4v) is 1.72. The molecule has 2 aromatic rings. The van der Waals surface area contributed by atoms with E-state index in [0.717, 1.165) is 5.52 Å². The summed E-state index contributed by atoms with van der Waals surface area (Å²) in [7, 11) is 0. The number of hydrogen-bond acceptors (Lipinski definition) is 1. The maximum Gasteiger partial charge on any atom is 0.328 e. The minimum Gasteiger partial charge on any atom is -0.478 e. The molecule has 0 unspecified atom stereocenters. The number of rotatable bonds is 3. The average molecular weight is 215 g/mol. The van der Waals surface area contributed by atoms with Crippen molar-refractivity contribution < 1.29 is 9.90 Å². The number of aryl methyl sites for hydroxylation is 1. The maximum atomic E-state index is 10.3. The third-order valence-corrected chi connectivity index (χ3v) is 2.49. The lowest BCUT2D eigenvalue weighted by Crippen LogP contribution is -1.94. The standard InChI is InChI=1S/C13H13NO2/c1-10-4-5-11-6-8-14(12(11)9-10)7-2-3-13(15)16/h2-6,8-9H,7H2,1H3,(H,15,16). The zero-order chi connectivity index (χ0) is 11.5. The number of carbonyl (C=O) groups is 1. The highest BCUT2D eigenvalue weighted by molar-refractivity contribution is 5.81. The molecule has 16 heavy (non-hydrogen) atoms. The van der Waals surface area contributed by atoms with Gasteiger partial charge in [-0.25, -0.2) is 4.79 Å². The first-order valence-electron chi connectivity index (χ1n) is 5.12. The van der Waals surface area contributed by atoms with Crippen LogP contribution in [-0.4, -0.2) is 15.6 Å². The van der Waals surface area contributed by atoms with Crippen LogP contribution in [0, 0.1) is 6.92 Å². The van der Waals surface area contributed by atoms with E-state index in [9.17, 15) is 4.79 Å². The third kappa shape index (κ3) is 2.14. The molecule has 1 aromatic heterocycles. The highest BCUT2D eigenvalue weighted by Gasteiger charge is 1.99. The van der Waals surface area contributed by atoms with Crippen LogP contribution in [-0.2, 0) is 11.3 Å². The van der Waals surface area contributed by atoms with E-state index >= 15 is 0 Å². The van der Waals surface area contributed by atoms with Crippen molar-refractivity contribution >= 4 is 16.9 Å². The highest BCUT2D eigenvalue weighted by Crippen LogP contribution is 2.17. The summed E-state index contributed by atoms with van der Waals surface area (Å²) in [6.45, 7) is 2.63. The molecule has 1 heterocycles. The number of allylic oxidation sites excluding steroid dienone is 1. The Labute approximate surface area is 93.6 Å². The fourth-order valence-electron chi connectivity index (χ4n) is 1.72. The van der Waals surface area contributed by atoms with Gasteiger partial charge in [-0.2, -0.15) is 0 Å². The molecule has 3 nitrogen and oxygen atoms in total. The van der Waals surface area contributed by atoms with E-state index in [0.29, 0.717) is 6.54 Å². The van der Waals surface area contributed by atoms with Gasteiger partial charge in [0.25, 0.3) is 0 Å². The van der Waals surface area contributed by atoms with E-state index in [1.54, 1.807) is 6.08 Å². The fraction of sp³-hybridized carbons (Fsp3) is 0.154. The Bertz CT molecular complexity index is 552. The molecule has 0 aliphatic rings. The van der Waals surface area contributed by atoms with Crippen molar-refractivity contribution in [2.45, 2.75) is 13.5 Å². The first kappa shape index (κ1) is 10.5. The normalized spacial score (nSPS) is 11.3. The first-order valence-corrected chi connectivity index (χ1v) is 5.12. The van der Waals surface area contributed by atoms with Gasteiger partial charge in [0.2, 0.25) is 0 Å². The highest BCUT2D eigenvalue weighted by atomic mass is 16.4. The maximum absolute atomic E-state index is 10.3. The number of aromatic nitrogens is 1. The summed E-state index contributed by atoms with van der Waals surface area (Å²) < 4.78 is 2.03. The quantitative estimate of drug-likeness (QED) is 0.799. The van der Waals surface area contributed by atoms with Gasteiger partial charge >= 0.3 is 5.97 Å². The SMILES string of the molecule is Cc1ccc2ccn(CC=CC(=O)O)c2c1. The van der Waals surface area contributed by atoms with Gasteiger partial charge in [-0.15, -0.1) is 0 Å². The summed E-state index contributed by atoms with van der Waals surface area (Å²) >= 11 is 0. The van der Waals surface area contributed by atoms with Gasteiger partial charge in [-0.05, 0) is 30.0 Å². The van der Waals surface area contributed by atoms with Crippen LogP contribution < -0.4 is 0 Å². The number of benzene rings is 1. The molecule has 0 amide bonds.